The van der Waals surface area contributed by atoms with Crippen LogP contribution in [0.1, 0.15) is 27.3 Å². The number of carbonyl (C=O) groups is 1. The van der Waals surface area contributed by atoms with Gasteiger partial charge in [0.2, 0.25) is 0 Å². The number of ether oxygens (including phenoxy) is 1. The molecule has 0 atom stereocenters. The summed E-state index contributed by atoms with van der Waals surface area (Å²) in [6.07, 6.45) is 3.48. The Hall–Kier alpha value is -3.32. The zero-order chi connectivity index (χ0) is 17.6. The van der Waals surface area contributed by atoms with Gasteiger partial charge < -0.3 is 9.30 Å². The van der Waals surface area contributed by atoms with Gasteiger partial charge in [-0.15, -0.1) is 0 Å². The van der Waals surface area contributed by atoms with E-state index in [2.05, 4.69) is 16.8 Å². The van der Waals surface area contributed by atoms with Gasteiger partial charge in [-0.3, -0.25) is 4.98 Å². The molecule has 0 saturated heterocycles. The molecule has 0 aliphatic rings. The van der Waals surface area contributed by atoms with E-state index < -0.39 is 0 Å². The molecule has 2 heterocycles. The minimum atomic E-state index is -0.370. The van der Waals surface area contributed by atoms with Crippen molar-refractivity contribution in [1.29, 1.82) is 0 Å². The smallest absolute Gasteiger partial charge is 0.340 e. The van der Waals surface area contributed by atoms with Crippen molar-refractivity contribution in [2.45, 2.75) is 13.8 Å². The van der Waals surface area contributed by atoms with Crippen LogP contribution in [-0.4, -0.2) is 22.1 Å². The van der Waals surface area contributed by atoms with Gasteiger partial charge in [-0.2, -0.15) is 0 Å². The van der Waals surface area contributed by atoms with Gasteiger partial charge in [0.1, 0.15) is 0 Å². The Morgan fingerprint density at radius 2 is 1.96 bits per heavy atom. The van der Waals surface area contributed by atoms with Crippen LogP contribution in [0.4, 0.5) is 0 Å². The van der Waals surface area contributed by atoms with E-state index in [0.717, 1.165) is 22.6 Å². The van der Waals surface area contributed by atoms with E-state index in [-0.39, 0.29) is 12.6 Å². The fourth-order valence-electron chi connectivity index (χ4n) is 2.69. The number of benzene rings is 1. The average Bonchev–Trinajstić information content (AvgIpc) is 2.94. The van der Waals surface area contributed by atoms with Gasteiger partial charge in [0.25, 0.3) is 0 Å². The molecule has 3 aromatic rings. The second-order valence-corrected chi connectivity index (χ2v) is 5.58. The van der Waals surface area contributed by atoms with Crippen LogP contribution < -0.4 is 0 Å². The summed E-state index contributed by atoms with van der Waals surface area (Å²) < 4.78 is 7.28. The summed E-state index contributed by atoms with van der Waals surface area (Å²) in [5.41, 5.74) is 4.14. The molecule has 4 nitrogen and oxygen atoms in total. The van der Waals surface area contributed by atoms with Crippen molar-refractivity contribution in [3.63, 3.8) is 0 Å². The first-order chi connectivity index (χ1) is 12.2. The second kappa shape index (κ2) is 7.50. The van der Waals surface area contributed by atoms with Gasteiger partial charge in [0, 0.05) is 23.1 Å². The maximum Gasteiger partial charge on any atom is 0.340 e. The van der Waals surface area contributed by atoms with Crippen LogP contribution >= 0.6 is 0 Å². The molecule has 0 unspecified atom stereocenters. The molecule has 1 aromatic carbocycles. The molecule has 0 spiro atoms. The zero-order valence-electron chi connectivity index (χ0n) is 14.2. The van der Waals surface area contributed by atoms with Crippen LogP contribution in [-0.2, 0) is 4.74 Å². The number of hydrogen-bond acceptors (Lipinski definition) is 3. The second-order valence-electron chi connectivity index (χ2n) is 5.58. The predicted molar refractivity (Wildman–Crippen MR) is 96.6 cm³/mol. The molecule has 25 heavy (non-hydrogen) atoms. The van der Waals surface area contributed by atoms with E-state index >= 15 is 0 Å². The Morgan fingerprint density at radius 3 is 2.68 bits per heavy atom. The summed E-state index contributed by atoms with van der Waals surface area (Å²) in [5, 5.41) is 0. The SMILES string of the molecule is Cc1cc(C(=O)OCC#Cc2ccccc2)c(C)n1-c1cccnc1. The van der Waals surface area contributed by atoms with Crippen molar-refractivity contribution < 1.29 is 9.53 Å². The topological polar surface area (TPSA) is 44.1 Å². The van der Waals surface area contributed by atoms with E-state index in [1.54, 1.807) is 12.4 Å². The van der Waals surface area contributed by atoms with Gasteiger partial charge in [0.05, 0.1) is 17.4 Å². The molecule has 124 valence electrons. The molecule has 0 N–H and O–H groups in total. The van der Waals surface area contributed by atoms with E-state index in [0.29, 0.717) is 5.56 Å². The highest BCUT2D eigenvalue weighted by Gasteiger charge is 2.17. The number of aromatic nitrogens is 2. The molecule has 0 aliphatic heterocycles. The number of aryl methyl sites for hydroxylation is 1. The van der Waals surface area contributed by atoms with Crippen LogP contribution in [0.2, 0.25) is 0 Å². The predicted octanol–water partition coefficient (Wildman–Crippen LogP) is 3.70. The third kappa shape index (κ3) is 3.78. The van der Waals surface area contributed by atoms with Gasteiger partial charge in [-0.1, -0.05) is 30.0 Å². The van der Waals surface area contributed by atoms with Crippen LogP contribution in [0.3, 0.4) is 0 Å². The van der Waals surface area contributed by atoms with Crippen LogP contribution in [0.15, 0.2) is 60.9 Å². The number of carbonyl (C=O) groups excluding carboxylic acids is 1. The molecule has 0 saturated carbocycles. The van der Waals surface area contributed by atoms with Gasteiger partial charge in [-0.05, 0) is 44.2 Å². The molecular formula is C21H18N2O2. The normalized spacial score (nSPS) is 10.0. The van der Waals surface area contributed by atoms with Gasteiger partial charge in [0.15, 0.2) is 6.61 Å². The zero-order valence-corrected chi connectivity index (χ0v) is 14.2. The minimum Gasteiger partial charge on any atom is -0.449 e. The molecule has 4 heteroatoms. The summed E-state index contributed by atoms with van der Waals surface area (Å²) >= 11 is 0. The van der Waals surface area contributed by atoms with E-state index in [9.17, 15) is 4.79 Å². The highest BCUT2D eigenvalue weighted by Crippen LogP contribution is 2.20. The summed E-state index contributed by atoms with van der Waals surface area (Å²) in [5.74, 6) is 5.46. The molecule has 0 aliphatic carbocycles. The summed E-state index contributed by atoms with van der Waals surface area (Å²) in [6, 6.07) is 15.2. The van der Waals surface area contributed by atoms with Crippen LogP contribution in [0.5, 0.6) is 0 Å². The lowest BCUT2D eigenvalue weighted by molar-refractivity contribution is 0.0556. The van der Waals surface area contributed by atoms with E-state index in [1.165, 1.54) is 0 Å². The van der Waals surface area contributed by atoms with Crippen molar-refractivity contribution in [3.8, 4) is 17.5 Å². The van der Waals surface area contributed by atoms with Crippen molar-refractivity contribution in [3.05, 3.63) is 83.4 Å². The summed E-state index contributed by atoms with van der Waals surface area (Å²) in [4.78, 5) is 16.5. The lowest BCUT2D eigenvalue weighted by Gasteiger charge is -2.08. The van der Waals surface area contributed by atoms with Crippen LogP contribution in [0.25, 0.3) is 5.69 Å². The van der Waals surface area contributed by atoms with Crippen molar-refractivity contribution >= 4 is 5.97 Å². The number of esters is 1. The van der Waals surface area contributed by atoms with Gasteiger partial charge in [-0.25, -0.2) is 4.79 Å². The third-order valence-corrected chi connectivity index (χ3v) is 3.84. The monoisotopic (exact) mass is 330 g/mol. The maximum absolute atomic E-state index is 12.4. The average molecular weight is 330 g/mol. The Morgan fingerprint density at radius 1 is 1.16 bits per heavy atom. The van der Waals surface area contributed by atoms with Crippen molar-refractivity contribution in [1.82, 2.24) is 9.55 Å². The molecule has 0 fully saturated rings. The fraction of sp³-hybridized carbons (Fsp3) is 0.143. The number of nitrogens with zero attached hydrogens (tertiary/aromatic N) is 2. The van der Waals surface area contributed by atoms with Crippen LogP contribution in [0, 0.1) is 25.7 Å². The first kappa shape index (κ1) is 16.5. The lowest BCUT2D eigenvalue weighted by Crippen LogP contribution is -2.07. The Labute approximate surface area is 147 Å². The molecule has 0 amide bonds. The molecule has 3 rings (SSSR count). The molecule has 0 bridgehead atoms. The highest BCUT2D eigenvalue weighted by atomic mass is 16.5. The highest BCUT2D eigenvalue weighted by molar-refractivity contribution is 5.91. The minimum absolute atomic E-state index is 0.0598. The van der Waals surface area contributed by atoms with E-state index in [1.807, 2.05) is 66.9 Å². The number of hydrogen-bond donors (Lipinski definition) is 0. The van der Waals surface area contributed by atoms with E-state index in [4.69, 9.17) is 4.74 Å². The molecular weight excluding hydrogens is 312 g/mol. The molecule has 2 aromatic heterocycles. The number of rotatable bonds is 3. The first-order valence-electron chi connectivity index (χ1n) is 7.97. The fourth-order valence-corrected chi connectivity index (χ4v) is 2.69. The molecule has 0 radical (unpaired) electrons. The standard InChI is InChI=1S/C21H18N2O2/c1-16-14-20(17(2)23(16)19-11-6-12-22-15-19)21(24)25-13-7-10-18-8-4-3-5-9-18/h3-6,8-9,11-12,14-15H,13H2,1-2H3. The summed E-state index contributed by atoms with van der Waals surface area (Å²) in [6.45, 7) is 3.91. The maximum atomic E-state index is 12.4. The first-order valence-corrected chi connectivity index (χ1v) is 7.97. The van der Waals surface area contributed by atoms with Crippen molar-refractivity contribution in [2.75, 3.05) is 6.61 Å². The quantitative estimate of drug-likeness (QED) is 0.543. The number of pyridine rings is 1. The van der Waals surface area contributed by atoms with Gasteiger partial charge >= 0.3 is 5.97 Å². The summed E-state index contributed by atoms with van der Waals surface area (Å²) in [7, 11) is 0. The Balaban J connectivity index is 1.72. The van der Waals surface area contributed by atoms with Crippen molar-refractivity contribution in [2.24, 2.45) is 0 Å². The third-order valence-electron chi connectivity index (χ3n) is 3.84. The lowest BCUT2D eigenvalue weighted by atomic mass is 10.2. The Bertz CT molecular complexity index is 933. The largest absolute Gasteiger partial charge is 0.449 e. The Kier molecular flexibility index (Phi) is 4.96.